The zero-order chi connectivity index (χ0) is 17.3. The van der Waals surface area contributed by atoms with Crippen LogP contribution < -0.4 is 19.9 Å². The molecule has 3 aromatic heterocycles. The third kappa shape index (κ3) is 2.60. The van der Waals surface area contributed by atoms with Crippen LogP contribution in [0.25, 0.3) is 11.2 Å². The molecular weight excluding hydrogens is 338 g/mol. The van der Waals surface area contributed by atoms with Crippen molar-refractivity contribution < 1.29 is 14.2 Å². The van der Waals surface area contributed by atoms with Crippen LogP contribution in [0.4, 0.5) is 5.95 Å². The molecule has 0 fully saturated rings. The molecule has 11 heteroatoms. The SMILES string of the molecule is COc1cnc(Cn2nnc3c(Cl)nc(N)nc32)c(OC)c1OC. The molecule has 0 bridgehead atoms. The number of ether oxygens (including phenoxy) is 3. The first-order chi connectivity index (χ1) is 11.6. The van der Waals surface area contributed by atoms with Gasteiger partial charge in [-0.05, 0) is 0 Å². The molecule has 0 radical (unpaired) electrons. The summed E-state index contributed by atoms with van der Waals surface area (Å²) in [5, 5.41) is 8.12. The average Bonchev–Trinajstić information content (AvgIpc) is 2.97. The average molecular weight is 352 g/mol. The Morgan fingerprint density at radius 3 is 2.54 bits per heavy atom. The van der Waals surface area contributed by atoms with Gasteiger partial charge in [-0.1, -0.05) is 16.8 Å². The van der Waals surface area contributed by atoms with E-state index < -0.39 is 0 Å². The topological polar surface area (TPSA) is 123 Å². The number of rotatable bonds is 5. The number of anilines is 1. The summed E-state index contributed by atoms with van der Waals surface area (Å²) in [6, 6.07) is 0. The van der Waals surface area contributed by atoms with Crippen molar-refractivity contribution >= 4 is 28.7 Å². The van der Waals surface area contributed by atoms with Crippen molar-refractivity contribution in [3.8, 4) is 17.2 Å². The fraction of sp³-hybridized carbons (Fsp3) is 0.308. The number of nitrogens with zero attached hydrogens (tertiary/aromatic N) is 6. The fourth-order valence-electron chi connectivity index (χ4n) is 2.25. The van der Waals surface area contributed by atoms with E-state index in [1.165, 1.54) is 32.2 Å². The quantitative estimate of drug-likeness (QED) is 0.668. The van der Waals surface area contributed by atoms with Gasteiger partial charge in [-0.15, -0.1) is 5.10 Å². The van der Waals surface area contributed by atoms with Gasteiger partial charge in [-0.3, -0.25) is 4.98 Å². The lowest BCUT2D eigenvalue weighted by Gasteiger charge is -2.14. The highest BCUT2D eigenvalue weighted by molar-refractivity contribution is 6.33. The summed E-state index contributed by atoms with van der Waals surface area (Å²) in [6.07, 6.45) is 1.53. The lowest BCUT2D eigenvalue weighted by molar-refractivity contribution is 0.318. The highest BCUT2D eigenvalue weighted by atomic mass is 35.5. The first kappa shape index (κ1) is 16.0. The summed E-state index contributed by atoms with van der Waals surface area (Å²) < 4.78 is 17.5. The van der Waals surface area contributed by atoms with Crippen molar-refractivity contribution in [2.45, 2.75) is 6.54 Å². The van der Waals surface area contributed by atoms with Gasteiger partial charge in [0.25, 0.3) is 0 Å². The minimum atomic E-state index is 0.0308. The molecule has 3 heterocycles. The summed E-state index contributed by atoms with van der Waals surface area (Å²) in [6.45, 7) is 0.215. The van der Waals surface area contributed by atoms with E-state index >= 15 is 0 Å². The number of fused-ring (bicyclic) bond motifs is 1. The molecule has 0 aliphatic rings. The van der Waals surface area contributed by atoms with Crippen molar-refractivity contribution in [3.63, 3.8) is 0 Å². The molecule has 3 rings (SSSR count). The van der Waals surface area contributed by atoms with Crippen molar-refractivity contribution in [3.05, 3.63) is 17.0 Å². The van der Waals surface area contributed by atoms with Crippen LogP contribution >= 0.6 is 11.6 Å². The van der Waals surface area contributed by atoms with Gasteiger partial charge in [0.2, 0.25) is 11.7 Å². The summed E-state index contributed by atoms with van der Waals surface area (Å²) in [5.74, 6) is 1.34. The predicted molar refractivity (Wildman–Crippen MR) is 85.5 cm³/mol. The van der Waals surface area contributed by atoms with E-state index in [1.807, 2.05) is 0 Å². The molecule has 10 nitrogen and oxygen atoms in total. The monoisotopic (exact) mass is 351 g/mol. The maximum Gasteiger partial charge on any atom is 0.223 e. The lowest BCUT2D eigenvalue weighted by atomic mass is 10.3. The number of halogens is 1. The van der Waals surface area contributed by atoms with E-state index in [0.29, 0.717) is 34.1 Å². The van der Waals surface area contributed by atoms with Gasteiger partial charge in [0.15, 0.2) is 27.8 Å². The molecule has 0 aliphatic carbocycles. The molecule has 0 aromatic carbocycles. The number of aromatic nitrogens is 6. The summed E-state index contributed by atoms with van der Waals surface area (Å²) in [4.78, 5) is 12.3. The molecule has 0 spiro atoms. The first-order valence-electron chi connectivity index (χ1n) is 6.75. The Labute approximate surface area is 141 Å². The Balaban J connectivity index is 2.09. The third-order valence-corrected chi connectivity index (χ3v) is 3.56. The van der Waals surface area contributed by atoms with Gasteiger partial charge in [0.1, 0.15) is 5.69 Å². The van der Waals surface area contributed by atoms with Crippen LogP contribution in [0.2, 0.25) is 5.15 Å². The molecule has 0 amide bonds. The van der Waals surface area contributed by atoms with Crippen LogP contribution in [0.1, 0.15) is 5.69 Å². The smallest absolute Gasteiger partial charge is 0.223 e. The molecular formula is C13H14ClN7O3. The van der Waals surface area contributed by atoms with Crippen LogP contribution in [0.3, 0.4) is 0 Å². The van der Waals surface area contributed by atoms with E-state index in [9.17, 15) is 0 Å². The molecule has 0 atom stereocenters. The van der Waals surface area contributed by atoms with E-state index in [0.717, 1.165) is 0 Å². The van der Waals surface area contributed by atoms with Crippen LogP contribution in [0.15, 0.2) is 6.20 Å². The minimum Gasteiger partial charge on any atom is -0.491 e. The van der Waals surface area contributed by atoms with Gasteiger partial charge in [0.05, 0.1) is 34.1 Å². The van der Waals surface area contributed by atoms with E-state index in [1.54, 1.807) is 0 Å². The number of methoxy groups -OCH3 is 3. The van der Waals surface area contributed by atoms with E-state index in [-0.39, 0.29) is 17.6 Å². The zero-order valence-corrected chi connectivity index (χ0v) is 13.9. The number of nitrogen functional groups attached to an aromatic ring is 1. The summed E-state index contributed by atoms with van der Waals surface area (Å²) in [5.41, 5.74) is 6.93. The highest BCUT2D eigenvalue weighted by Gasteiger charge is 2.20. The predicted octanol–water partition coefficient (Wildman–Crippen LogP) is 0.926. The maximum atomic E-state index is 6.00. The van der Waals surface area contributed by atoms with Gasteiger partial charge < -0.3 is 19.9 Å². The van der Waals surface area contributed by atoms with E-state index in [4.69, 9.17) is 31.5 Å². The molecule has 3 aromatic rings. The number of pyridine rings is 1. The van der Waals surface area contributed by atoms with Crippen LogP contribution in [0, 0.1) is 0 Å². The molecule has 0 saturated heterocycles. The minimum absolute atomic E-state index is 0.0308. The molecule has 0 unspecified atom stereocenters. The second-order valence-electron chi connectivity index (χ2n) is 4.63. The number of hydrogen-bond acceptors (Lipinski definition) is 9. The molecule has 24 heavy (non-hydrogen) atoms. The Morgan fingerprint density at radius 1 is 1.12 bits per heavy atom. The molecule has 0 aliphatic heterocycles. The summed E-state index contributed by atoms with van der Waals surface area (Å²) >= 11 is 6.00. The molecule has 126 valence electrons. The second-order valence-corrected chi connectivity index (χ2v) is 4.99. The highest BCUT2D eigenvalue weighted by Crippen LogP contribution is 2.38. The third-order valence-electron chi connectivity index (χ3n) is 3.30. The largest absolute Gasteiger partial charge is 0.491 e. The Hall–Kier alpha value is -2.88. The fourth-order valence-corrected chi connectivity index (χ4v) is 2.46. The van der Waals surface area contributed by atoms with Crippen molar-refractivity contribution in [1.82, 2.24) is 29.9 Å². The zero-order valence-electron chi connectivity index (χ0n) is 13.1. The van der Waals surface area contributed by atoms with Crippen molar-refractivity contribution in [2.75, 3.05) is 27.1 Å². The maximum absolute atomic E-state index is 6.00. The Bertz CT molecular complexity index is 899. The van der Waals surface area contributed by atoms with Gasteiger partial charge in [0, 0.05) is 0 Å². The standard InChI is InChI=1S/C13H14ClN7O3/c1-22-7-4-16-6(9(23-2)10(7)24-3)5-21-12-8(19-20-21)11(14)17-13(15)18-12/h4H,5H2,1-3H3,(H2,15,17,18). The number of nitrogens with two attached hydrogens (primary N) is 1. The van der Waals surface area contributed by atoms with Crippen LogP contribution in [-0.2, 0) is 6.54 Å². The normalized spacial score (nSPS) is 10.8. The van der Waals surface area contributed by atoms with E-state index in [2.05, 4.69) is 25.3 Å². The lowest BCUT2D eigenvalue weighted by Crippen LogP contribution is -2.09. The number of hydrogen-bond donors (Lipinski definition) is 1. The van der Waals surface area contributed by atoms with Gasteiger partial charge in [-0.2, -0.15) is 9.97 Å². The Kier molecular flexibility index (Phi) is 4.21. The van der Waals surface area contributed by atoms with Gasteiger partial charge >= 0.3 is 0 Å². The molecule has 0 saturated carbocycles. The Morgan fingerprint density at radius 2 is 1.88 bits per heavy atom. The van der Waals surface area contributed by atoms with Crippen LogP contribution in [-0.4, -0.2) is 51.3 Å². The van der Waals surface area contributed by atoms with Gasteiger partial charge in [-0.25, -0.2) is 4.68 Å². The first-order valence-corrected chi connectivity index (χ1v) is 7.12. The van der Waals surface area contributed by atoms with Crippen molar-refractivity contribution in [1.29, 1.82) is 0 Å². The molecule has 2 N–H and O–H groups in total. The summed E-state index contributed by atoms with van der Waals surface area (Å²) in [7, 11) is 4.55. The second kappa shape index (κ2) is 6.32. The van der Waals surface area contributed by atoms with Crippen molar-refractivity contribution in [2.24, 2.45) is 0 Å². The van der Waals surface area contributed by atoms with Crippen LogP contribution in [0.5, 0.6) is 17.2 Å².